The Morgan fingerprint density at radius 1 is 1.37 bits per heavy atom. The molecular formula is C15H16O3S. The molecule has 1 fully saturated rings. The van der Waals surface area contributed by atoms with Gasteiger partial charge in [-0.2, -0.15) is 0 Å². The molecule has 0 radical (unpaired) electrons. The number of rotatable bonds is 3. The topological polar surface area (TPSA) is 35.5 Å². The summed E-state index contributed by atoms with van der Waals surface area (Å²) in [6, 6.07) is 9.86. The molecule has 1 aromatic carbocycles. The Labute approximate surface area is 116 Å². The van der Waals surface area contributed by atoms with E-state index in [1.807, 2.05) is 30.3 Å². The molecule has 1 saturated heterocycles. The van der Waals surface area contributed by atoms with Gasteiger partial charge in [0.2, 0.25) is 0 Å². The molecular weight excluding hydrogens is 260 g/mol. The van der Waals surface area contributed by atoms with Gasteiger partial charge in [-0.3, -0.25) is 0 Å². The van der Waals surface area contributed by atoms with Gasteiger partial charge < -0.3 is 9.47 Å². The highest BCUT2D eigenvalue weighted by atomic mass is 32.1. The van der Waals surface area contributed by atoms with Gasteiger partial charge in [-0.1, -0.05) is 18.2 Å². The second-order valence-corrected chi connectivity index (χ2v) is 5.82. The van der Waals surface area contributed by atoms with E-state index in [-0.39, 0.29) is 12.1 Å². The summed E-state index contributed by atoms with van der Waals surface area (Å²) >= 11 is 1.48. The number of hydrogen-bond acceptors (Lipinski definition) is 4. The fourth-order valence-electron chi connectivity index (χ4n) is 2.26. The normalized spacial score (nSPS) is 19.5. The average molecular weight is 276 g/mol. The Bertz CT molecular complexity index is 537. The molecule has 19 heavy (non-hydrogen) atoms. The highest BCUT2D eigenvalue weighted by molar-refractivity contribution is 7.20. The van der Waals surface area contributed by atoms with Crippen molar-refractivity contribution in [2.45, 2.75) is 25.4 Å². The third-order valence-corrected chi connectivity index (χ3v) is 4.40. The second-order valence-electron chi connectivity index (χ2n) is 4.74. The van der Waals surface area contributed by atoms with Gasteiger partial charge in [0.05, 0.1) is 6.10 Å². The van der Waals surface area contributed by atoms with Crippen LogP contribution in [-0.2, 0) is 9.47 Å². The summed E-state index contributed by atoms with van der Waals surface area (Å²) in [4.78, 5) is 12.7. The molecule has 1 unspecified atom stereocenters. The molecule has 2 aromatic rings. The van der Waals surface area contributed by atoms with Crippen molar-refractivity contribution in [1.29, 1.82) is 0 Å². The van der Waals surface area contributed by atoms with Gasteiger partial charge in [0, 0.05) is 11.3 Å². The quantitative estimate of drug-likeness (QED) is 0.803. The maximum Gasteiger partial charge on any atom is 0.348 e. The zero-order chi connectivity index (χ0) is 13.1. The summed E-state index contributed by atoms with van der Waals surface area (Å²) in [7, 11) is 0. The molecule has 2 heterocycles. The highest BCUT2D eigenvalue weighted by Gasteiger charge is 2.17. The molecule has 100 valence electrons. The lowest BCUT2D eigenvalue weighted by molar-refractivity contribution is -0.0298. The summed E-state index contributed by atoms with van der Waals surface area (Å²) in [5, 5.41) is 1.09. The van der Waals surface area contributed by atoms with Crippen molar-refractivity contribution < 1.29 is 14.3 Å². The van der Waals surface area contributed by atoms with Gasteiger partial charge in [-0.15, -0.1) is 11.3 Å². The zero-order valence-electron chi connectivity index (χ0n) is 10.6. The minimum atomic E-state index is -0.240. The first kappa shape index (κ1) is 12.6. The van der Waals surface area contributed by atoms with Gasteiger partial charge in [-0.05, 0) is 36.8 Å². The fraction of sp³-hybridized carbons (Fsp3) is 0.400. The minimum absolute atomic E-state index is 0.0760. The van der Waals surface area contributed by atoms with Crippen LogP contribution in [0.5, 0.6) is 0 Å². The van der Waals surface area contributed by atoms with Crippen LogP contribution < -0.4 is 0 Å². The van der Waals surface area contributed by atoms with Crippen LogP contribution in [0.1, 0.15) is 28.9 Å². The lowest BCUT2D eigenvalue weighted by Crippen LogP contribution is -2.25. The maximum absolute atomic E-state index is 12.0. The van der Waals surface area contributed by atoms with E-state index < -0.39 is 0 Å². The minimum Gasteiger partial charge on any atom is -0.459 e. The molecule has 1 atom stereocenters. The van der Waals surface area contributed by atoms with Crippen molar-refractivity contribution in [2.24, 2.45) is 0 Å². The SMILES string of the molecule is O=C(OCC1CCCCO1)c1cc2ccccc2s1. The molecule has 1 aliphatic heterocycles. The van der Waals surface area contributed by atoms with Crippen LogP contribution >= 0.6 is 11.3 Å². The third kappa shape index (κ3) is 2.96. The smallest absolute Gasteiger partial charge is 0.348 e. The van der Waals surface area contributed by atoms with Crippen LogP contribution in [0.4, 0.5) is 0 Å². The van der Waals surface area contributed by atoms with E-state index in [0.29, 0.717) is 11.5 Å². The molecule has 4 heteroatoms. The van der Waals surface area contributed by atoms with E-state index in [1.54, 1.807) is 0 Å². The maximum atomic E-state index is 12.0. The Balaban J connectivity index is 1.63. The Morgan fingerprint density at radius 3 is 3.05 bits per heavy atom. The molecule has 1 aromatic heterocycles. The summed E-state index contributed by atoms with van der Waals surface area (Å²) in [6.45, 7) is 1.15. The molecule has 1 aliphatic rings. The summed E-state index contributed by atoms with van der Waals surface area (Å²) in [6.07, 6.45) is 3.33. The van der Waals surface area contributed by atoms with Gasteiger partial charge in [0.1, 0.15) is 11.5 Å². The number of carbonyl (C=O) groups is 1. The number of hydrogen-bond donors (Lipinski definition) is 0. The van der Waals surface area contributed by atoms with E-state index in [9.17, 15) is 4.79 Å². The van der Waals surface area contributed by atoms with Crippen molar-refractivity contribution in [3.05, 3.63) is 35.2 Å². The molecule has 0 spiro atoms. The molecule has 0 saturated carbocycles. The van der Waals surface area contributed by atoms with Crippen molar-refractivity contribution in [2.75, 3.05) is 13.2 Å². The van der Waals surface area contributed by atoms with E-state index >= 15 is 0 Å². The molecule has 0 bridgehead atoms. The van der Waals surface area contributed by atoms with Gasteiger partial charge >= 0.3 is 5.97 Å². The zero-order valence-corrected chi connectivity index (χ0v) is 11.4. The third-order valence-electron chi connectivity index (χ3n) is 3.30. The molecule has 0 amide bonds. The highest BCUT2D eigenvalue weighted by Crippen LogP contribution is 2.26. The Morgan fingerprint density at radius 2 is 2.26 bits per heavy atom. The second kappa shape index (κ2) is 5.72. The van der Waals surface area contributed by atoms with Gasteiger partial charge in [0.25, 0.3) is 0 Å². The predicted molar refractivity (Wildman–Crippen MR) is 75.7 cm³/mol. The van der Waals surface area contributed by atoms with E-state index in [0.717, 1.165) is 36.0 Å². The number of thiophene rings is 1. The molecule has 3 nitrogen and oxygen atoms in total. The number of benzene rings is 1. The number of carbonyl (C=O) groups excluding carboxylic acids is 1. The molecule has 0 N–H and O–H groups in total. The lowest BCUT2D eigenvalue weighted by atomic mass is 10.1. The van der Waals surface area contributed by atoms with Gasteiger partial charge in [0.15, 0.2) is 0 Å². The molecule has 3 rings (SSSR count). The van der Waals surface area contributed by atoms with Crippen LogP contribution in [0.25, 0.3) is 10.1 Å². The summed E-state index contributed by atoms with van der Waals surface area (Å²) in [5.41, 5.74) is 0. The Kier molecular flexibility index (Phi) is 3.80. The van der Waals surface area contributed by atoms with Crippen molar-refractivity contribution in [1.82, 2.24) is 0 Å². The van der Waals surface area contributed by atoms with Crippen molar-refractivity contribution >= 4 is 27.4 Å². The van der Waals surface area contributed by atoms with Crippen LogP contribution in [0.3, 0.4) is 0 Å². The first-order chi connectivity index (χ1) is 9.33. The van der Waals surface area contributed by atoms with Crippen LogP contribution in [0.15, 0.2) is 30.3 Å². The van der Waals surface area contributed by atoms with E-state index in [2.05, 4.69) is 0 Å². The van der Waals surface area contributed by atoms with Crippen molar-refractivity contribution in [3.8, 4) is 0 Å². The largest absolute Gasteiger partial charge is 0.459 e. The van der Waals surface area contributed by atoms with E-state index in [4.69, 9.17) is 9.47 Å². The van der Waals surface area contributed by atoms with Crippen LogP contribution in [-0.4, -0.2) is 25.3 Å². The summed E-state index contributed by atoms with van der Waals surface area (Å²) < 4.78 is 12.0. The monoisotopic (exact) mass is 276 g/mol. The summed E-state index contributed by atoms with van der Waals surface area (Å²) in [5.74, 6) is -0.240. The fourth-order valence-corrected chi connectivity index (χ4v) is 3.22. The predicted octanol–water partition coefficient (Wildman–Crippen LogP) is 3.63. The van der Waals surface area contributed by atoms with E-state index in [1.165, 1.54) is 11.3 Å². The van der Waals surface area contributed by atoms with Gasteiger partial charge in [-0.25, -0.2) is 4.79 Å². The number of esters is 1. The first-order valence-electron chi connectivity index (χ1n) is 6.60. The van der Waals surface area contributed by atoms with Crippen LogP contribution in [0, 0.1) is 0 Å². The number of fused-ring (bicyclic) bond motifs is 1. The van der Waals surface area contributed by atoms with Crippen molar-refractivity contribution in [3.63, 3.8) is 0 Å². The van der Waals surface area contributed by atoms with Crippen LogP contribution in [0.2, 0.25) is 0 Å². The average Bonchev–Trinajstić information content (AvgIpc) is 2.90. The first-order valence-corrected chi connectivity index (χ1v) is 7.42. The lowest BCUT2D eigenvalue weighted by Gasteiger charge is -2.21. The standard InChI is InChI=1S/C15H16O3S/c16-15(18-10-12-6-3-4-8-17-12)14-9-11-5-1-2-7-13(11)19-14/h1-2,5,7,9,12H,3-4,6,8,10H2. The number of ether oxygens (including phenoxy) is 2. The Hall–Kier alpha value is -1.39. The molecule has 0 aliphatic carbocycles.